The van der Waals surface area contributed by atoms with Crippen LogP contribution in [-0.4, -0.2) is 19.9 Å². The summed E-state index contributed by atoms with van der Waals surface area (Å²) in [5, 5.41) is 6.45. The summed E-state index contributed by atoms with van der Waals surface area (Å²) in [5.74, 6) is 2.36. The van der Waals surface area contributed by atoms with Crippen LogP contribution in [0.1, 0.15) is 0 Å². The lowest BCUT2D eigenvalue weighted by molar-refractivity contribution is 0.620. The molecule has 0 N–H and O–H groups in total. The summed E-state index contributed by atoms with van der Waals surface area (Å²) in [6.07, 6.45) is 0. The number of hydrogen-bond donors (Lipinski definition) is 0. The van der Waals surface area contributed by atoms with Crippen molar-refractivity contribution >= 4 is 75.3 Å². The summed E-state index contributed by atoms with van der Waals surface area (Å²) in [4.78, 5) is 20.8. The van der Waals surface area contributed by atoms with E-state index in [4.69, 9.17) is 28.8 Å². The van der Waals surface area contributed by atoms with Crippen LogP contribution < -0.4 is 0 Å². The second kappa shape index (κ2) is 12.5. The molecule has 0 atom stereocenters. The van der Waals surface area contributed by atoms with Crippen molar-refractivity contribution in [3.63, 3.8) is 0 Å². The molecule has 12 aromatic rings. The Balaban J connectivity index is 1.13. The second-order valence-electron chi connectivity index (χ2n) is 14.1. The maximum absolute atomic E-state index is 6.55. The molecule has 0 fully saturated rings. The summed E-state index contributed by atoms with van der Waals surface area (Å²) in [7, 11) is 0. The zero-order valence-corrected chi connectivity index (χ0v) is 31.0. The van der Waals surface area contributed by atoms with Crippen LogP contribution in [0.4, 0.5) is 0 Å². The molecule has 12 rings (SSSR count). The Labute approximate surface area is 329 Å². The molecule has 6 nitrogen and oxygen atoms in total. The summed E-state index contributed by atoms with van der Waals surface area (Å²) >= 11 is 1.78. The fourth-order valence-electron chi connectivity index (χ4n) is 8.24. The molecule has 4 aromatic heterocycles. The van der Waals surface area contributed by atoms with Gasteiger partial charge in [-0.05, 0) is 52.7 Å². The number of rotatable bonds is 5. The van der Waals surface area contributed by atoms with Crippen molar-refractivity contribution in [2.75, 3.05) is 0 Å². The van der Waals surface area contributed by atoms with Gasteiger partial charge in [-0.3, -0.25) is 0 Å². The summed E-state index contributed by atoms with van der Waals surface area (Å²) in [5.41, 5.74) is 8.95. The third-order valence-corrected chi connectivity index (χ3v) is 11.9. The van der Waals surface area contributed by atoms with Crippen LogP contribution in [0.25, 0.3) is 121 Å². The number of benzene rings is 8. The smallest absolute Gasteiger partial charge is 0.227 e. The van der Waals surface area contributed by atoms with Crippen molar-refractivity contribution < 1.29 is 8.83 Å². The summed E-state index contributed by atoms with van der Waals surface area (Å²) in [6.45, 7) is 0. The van der Waals surface area contributed by atoms with Crippen molar-refractivity contribution in [2.24, 2.45) is 0 Å². The van der Waals surface area contributed by atoms with Crippen molar-refractivity contribution in [3.8, 4) is 56.7 Å². The van der Waals surface area contributed by atoms with E-state index < -0.39 is 0 Å². The molecule has 57 heavy (non-hydrogen) atoms. The van der Waals surface area contributed by atoms with E-state index in [9.17, 15) is 0 Å². The minimum atomic E-state index is 0.580. The number of aromatic nitrogens is 4. The normalized spacial score (nSPS) is 11.9. The molecule has 0 aliphatic carbocycles. The Bertz CT molecular complexity index is 3530. The number of para-hydroxylation sites is 1. The lowest BCUT2D eigenvalue weighted by Gasteiger charge is -2.14. The van der Waals surface area contributed by atoms with E-state index in [2.05, 4.69) is 78.9 Å². The monoisotopic (exact) mass is 748 g/mol. The Hall–Kier alpha value is -7.48. The number of nitrogens with zero attached hydrogens (tertiary/aromatic N) is 4. The van der Waals surface area contributed by atoms with Gasteiger partial charge in [-0.1, -0.05) is 127 Å². The molecule has 0 amide bonds. The van der Waals surface area contributed by atoms with Crippen LogP contribution in [0.15, 0.2) is 179 Å². The molecule has 0 aliphatic heterocycles. The number of oxazole rings is 1. The largest absolute Gasteiger partial charge is 0.456 e. The lowest BCUT2D eigenvalue weighted by atomic mass is 9.91. The predicted molar refractivity (Wildman–Crippen MR) is 232 cm³/mol. The number of hydrogen-bond acceptors (Lipinski definition) is 7. The summed E-state index contributed by atoms with van der Waals surface area (Å²) < 4.78 is 15.2. The predicted octanol–water partition coefficient (Wildman–Crippen LogP) is 13.8. The van der Waals surface area contributed by atoms with Crippen molar-refractivity contribution in [3.05, 3.63) is 170 Å². The van der Waals surface area contributed by atoms with Crippen molar-refractivity contribution in [2.45, 2.75) is 0 Å². The first-order valence-electron chi connectivity index (χ1n) is 18.8. The SMILES string of the molecule is c1ccc(-c2nc(-c3ccc(-c4c5nc(-c6ccccc6)oc5cc5sc6ccccc6c45)c4ccccc34)nc(-c3cccc4oc5ccccc5c34)n2)cc1. The second-order valence-corrected chi connectivity index (χ2v) is 15.2. The van der Waals surface area contributed by atoms with E-state index in [0.29, 0.717) is 23.4 Å². The number of fused-ring (bicyclic) bond motifs is 8. The Kier molecular flexibility index (Phi) is 7.00. The molecule has 0 saturated carbocycles. The average Bonchev–Trinajstić information content (AvgIpc) is 3.99. The van der Waals surface area contributed by atoms with E-state index in [1.807, 2.05) is 91.0 Å². The van der Waals surface area contributed by atoms with Gasteiger partial charge in [0, 0.05) is 64.8 Å². The van der Waals surface area contributed by atoms with Gasteiger partial charge in [0.1, 0.15) is 16.7 Å². The number of thiophene rings is 1. The van der Waals surface area contributed by atoms with Crippen molar-refractivity contribution in [1.82, 2.24) is 19.9 Å². The first-order valence-corrected chi connectivity index (χ1v) is 19.6. The van der Waals surface area contributed by atoms with Gasteiger partial charge < -0.3 is 8.83 Å². The highest BCUT2D eigenvalue weighted by molar-refractivity contribution is 7.26. The molecule has 0 unspecified atom stereocenters. The Morgan fingerprint density at radius 1 is 0.368 bits per heavy atom. The van der Waals surface area contributed by atoms with Gasteiger partial charge in [-0.25, -0.2) is 19.9 Å². The van der Waals surface area contributed by atoms with E-state index in [1.165, 1.54) is 15.5 Å². The third-order valence-electron chi connectivity index (χ3n) is 10.8. The van der Waals surface area contributed by atoms with E-state index in [1.54, 1.807) is 11.3 Å². The molecule has 0 spiro atoms. The Morgan fingerprint density at radius 2 is 0.982 bits per heavy atom. The molecule has 0 aliphatic rings. The van der Waals surface area contributed by atoms with Crippen molar-refractivity contribution in [1.29, 1.82) is 0 Å². The fraction of sp³-hybridized carbons (Fsp3) is 0. The highest BCUT2D eigenvalue weighted by Gasteiger charge is 2.24. The molecule has 8 aromatic carbocycles. The molecule has 7 heteroatoms. The van der Waals surface area contributed by atoms with Gasteiger partial charge in [-0.15, -0.1) is 11.3 Å². The molecule has 0 saturated heterocycles. The van der Waals surface area contributed by atoms with Gasteiger partial charge in [0.2, 0.25) is 5.89 Å². The van der Waals surface area contributed by atoms with E-state index >= 15 is 0 Å². The zero-order chi connectivity index (χ0) is 37.5. The van der Waals surface area contributed by atoms with Gasteiger partial charge in [0.05, 0.1) is 0 Å². The summed E-state index contributed by atoms with van der Waals surface area (Å²) in [6, 6.07) is 58.0. The topological polar surface area (TPSA) is 77.8 Å². The third kappa shape index (κ3) is 5.03. The van der Waals surface area contributed by atoms with Gasteiger partial charge in [0.15, 0.2) is 23.1 Å². The van der Waals surface area contributed by atoms with Crippen LogP contribution in [0.5, 0.6) is 0 Å². The highest BCUT2D eigenvalue weighted by atomic mass is 32.1. The molecule has 266 valence electrons. The van der Waals surface area contributed by atoms with Crippen LogP contribution in [0, 0.1) is 0 Å². The van der Waals surface area contributed by atoms with Gasteiger partial charge in [0.25, 0.3) is 0 Å². The maximum Gasteiger partial charge on any atom is 0.227 e. The fourth-order valence-corrected chi connectivity index (χ4v) is 9.39. The van der Waals surface area contributed by atoms with E-state index in [0.717, 1.165) is 81.9 Å². The van der Waals surface area contributed by atoms with Gasteiger partial charge in [-0.2, -0.15) is 0 Å². The standard InChI is InChI=1S/C50H28N4O2S/c1-3-14-29(15-4-1)47-52-48(54-49(53-47)37-22-13-24-39-43(37)35-20-9-11-23-38(35)55-39)34-27-26-33(31-18-7-8-19-32(31)34)45-44-36-21-10-12-25-41(36)57-42(44)28-40-46(45)51-50(56-40)30-16-5-2-6-17-30/h1-28H. The lowest BCUT2D eigenvalue weighted by Crippen LogP contribution is -2.01. The molecule has 0 radical (unpaired) electrons. The van der Waals surface area contributed by atoms with Crippen LogP contribution in [0.3, 0.4) is 0 Å². The molecule has 0 bridgehead atoms. The first-order chi connectivity index (χ1) is 28.2. The van der Waals surface area contributed by atoms with Crippen LogP contribution in [0.2, 0.25) is 0 Å². The molecular weight excluding hydrogens is 721 g/mol. The zero-order valence-electron chi connectivity index (χ0n) is 30.2. The van der Waals surface area contributed by atoms with Crippen LogP contribution >= 0.6 is 11.3 Å². The minimum absolute atomic E-state index is 0.580. The molecular formula is C50H28N4O2S. The number of furan rings is 1. The van der Waals surface area contributed by atoms with E-state index in [-0.39, 0.29) is 0 Å². The average molecular weight is 749 g/mol. The Morgan fingerprint density at radius 3 is 1.79 bits per heavy atom. The highest BCUT2D eigenvalue weighted by Crippen LogP contribution is 2.47. The molecule has 4 heterocycles. The quantitative estimate of drug-likeness (QED) is 0.174. The first kappa shape index (κ1) is 31.8. The minimum Gasteiger partial charge on any atom is -0.456 e. The maximum atomic E-state index is 6.55. The van der Waals surface area contributed by atoms with Gasteiger partial charge >= 0.3 is 0 Å². The van der Waals surface area contributed by atoms with Crippen LogP contribution in [-0.2, 0) is 0 Å².